The van der Waals surface area contributed by atoms with Gasteiger partial charge in [-0.25, -0.2) is 4.79 Å². The second-order valence-corrected chi connectivity index (χ2v) is 4.51. The molecule has 1 fully saturated rings. The Kier molecular flexibility index (Phi) is 3.22. The van der Waals surface area contributed by atoms with Crippen molar-refractivity contribution in [2.45, 2.75) is 32.4 Å². The molecule has 1 N–H and O–H groups in total. The van der Waals surface area contributed by atoms with Crippen molar-refractivity contribution in [1.82, 2.24) is 4.90 Å². The van der Waals surface area contributed by atoms with E-state index in [4.69, 9.17) is 4.74 Å². The highest BCUT2D eigenvalue weighted by Gasteiger charge is 2.30. The SMILES string of the molecule is CC(C)N1CCC(c2ccccc2O)OC1=O. The summed E-state index contributed by atoms with van der Waals surface area (Å²) in [6, 6.07) is 7.13. The van der Waals surface area contributed by atoms with Crippen LogP contribution >= 0.6 is 0 Å². The van der Waals surface area contributed by atoms with Crippen LogP contribution in [0.25, 0.3) is 0 Å². The van der Waals surface area contributed by atoms with Crippen LogP contribution in [0.2, 0.25) is 0 Å². The maximum Gasteiger partial charge on any atom is 0.410 e. The number of para-hydroxylation sites is 1. The summed E-state index contributed by atoms with van der Waals surface area (Å²) < 4.78 is 5.35. The lowest BCUT2D eigenvalue weighted by atomic mass is 10.0. The van der Waals surface area contributed by atoms with E-state index in [1.165, 1.54) is 0 Å². The summed E-state index contributed by atoms with van der Waals surface area (Å²) in [6.07, 6.45) is 0.0693. The van der Waals surface area contributed by atoms with Crippen LogP contribution in [-0.4, -0.2) is 28.7 Å². The van der Waals surface area contributed by atoms with E-state index in [0.29, 0.717) is 18.5 Å². The number of benzene rings is 1. The van der Waals surface area contributed by atoms with Crippen LogP contribution in [0.15, 0.2) is 24.3 Å². The van der Waals surface area contributed by atoms with Crippen LogP contribution in [0.3, 0.4) is 0 Å². The van der Waals surface area contributed by atoms with E-state index in [-0.39, 0.29) is 24.0 Å². The minimum absolute atomic E-state index is 0.146. The maximum atomic E-state index is 11.8. The van der Waals surface area contributed by atoms with Gasteiger partial charge < -0.3 is 14.7 Å². The Morgan fingerprint density at radius 1 is 1.41 bits per heavy atom. The number of amides is 1. The van der Waals surface area contributed by atoms with Crippen LogP contribution in [0.4, 0.5) is 4.79 Å². The lowest BCUT2D eigenvalue weighted by Crippen LogP contribution is -2.43. The van der Waals surface area contributed by atoms with Crippen molar-refractivity contribution in [3.8, 4) is 5.75 Å². The third-order valence-electron chi connectivity index (χ3n) is 3.02. The molecule has 1 atom stereocenters. The molecule has 1 aromatic carbocycles. The predicted octanol–water partition coefficient (Wildman–Crippen LogP) is 2.68. The Hall–Kier alpha value is -1.71. The number of hydrogen-bond acceptors (Lipinski definition) is 3. The molecule has 0 saturated carbocycles. The summed E-state index contributed by atoms with van der Waals surface area (Å²) in [5.41, 5.74) is 0.684. The second kappa shape index (κ2) is 4.65. The fraction of sp³-hybridized carbons (Fsp3) is 0.462. The Morgan fingerprint density at radius 3 is 2.71 bits per heavy atom. The summed E-state index contributed by atoms with van der Waals surface area (Å²) >= 11 is 0. The van der Waals surface area contributed by atoms with Gasteiger partial charge in [-0.2, -0.15) is 0 Å². The van der Waals surface area contributed by atoms with Crippen molar-refractivity contribution in [2.24, 2.45) is 0 Å². The molecule has 0 radical (unpaired) electrons. The summed E-state index contributed by atoms with van der Waals surface area (Å²) in [5.74, 6) is 0.184. The molecule has 1 aliphatic rings. The van der Waals surface area contributed by atoms with Gasteiger partial charge in [0.2, 0.25) is 0 Å². The topological polar surface area (TPSA) is 49.8 Å². The van der Waals surface area contributed by atoms with Gasteiger partial charge in [0, 0.05) is 24.6 Å². The third kappa shape index (κ3) is 2.35. The average molecular weight is 235 g/mol. The molecular weight excluding hydrogens is 218 g/mol. The molecule has 1 unspecified atom stereocenters. The normalized spacial score (nSPS) is 20.5. The van der Waals surface area contributed by atoms with Crippen molar-refractivity contribution in [3.63, 3.8) is 0 Å². The smallest absolute Gasteiger partial charge is 0.410 e. The first kappa shape index (κ1) is 11.8. The highest BCUT2D eigenvalue weighted by atomic mass is 16.6. The zero-order chi connectivity index (χ0) is 12.4. The predicted molar refractivity (Wildman–Crippen MR) is 63.8 cm³/mol. The summed E-state index contributed by atoms with van der Waals surface area (Å²) in [4.78, 5) is 13.4. The van der Waals surface area contributed by atoms with Crippen LogP contribution in [0.5, 0.6) is 5.75 Å². The van der Waals surface area contributed by atoms with Crippen molar-refractivity contribution < 1.29 is 14.6 Å². The molecule has 1 saturated heterocycles. The molecule has 1 aliphatic heterocycles. The Morgan fingerprint density at radius 2 is 2.12 bits per heavy atom. The highest BCUT2D eigenvalue weighted by Crippen LogP contribution is 2.32. The van der Waals surface area contributed by atoms with E-state index in [9.17, 15) is 9.90 Å². The molecule has 92 valence electrons. The number of ether oxygens (including phenoxy) is 1. The van der Waals surface area contributed by atoms with E-state index >= 15 is 0 Å². The zero-order valence-corrected chi connectivity index (χ0v) is 10.1. The quantitative estimate of drug-likeness (QED) is 0.857. The lowest BCUT2D eigenvalue weighted by Gasteiger charge is -2.34. The van der Waals surface area contributed by atoms with Gasteiger partial charge in [0.25, 0.3) is 0 Å². The molecule has 1 aromatic rings. The van der Waals surface area contributed by atoms with Gasteiger partial charge in [0.05, 0.1) is 0 Å². The van der Waals surface area contributed by atoms with E-state index in [1.807, 2.05) is 19.9 Å². The minimum Gasteiger partial charge on any atom is -0.508 e. The van der Waals surface area contributed by atoms with Gasteiger partial charge in [-0.15, -0.1) is 0 Å². The molecule has 4 heteroatoms. The molecule has 17 heavy (non-hydrogen) atoms. The van der Waals surface area contributed by atoms with Crippen molar-refractivity contribution >= 4 is 6.09 Å². The molecular formula is C13H17NO3. The molecule has 0 aliphatic carbocycles. The number of carbonyl (C=O) groups is 1. The van der Waals surface area contributed by atoms with Gasteiger partial charge in [-0.05, 0) is 19.9 Å². The maximum absolute atomic E-state index is 11.8. The van der Waals surface area contributed by atoms with Crippen molar-refractivity contribution in [1.29, 1.82) is 0 Å². The lowest BCUT2D eigenvalue weighted by molar-refractivity contribution is 0.0142. The second-order valence-electron chi connectivity index (χ2n) is 4.51. The zero-order valence-electron chi connectivity index (χ0n) is 10.1. The summed E-state index contributed by atoms with van der Waals surface area (Å²) in [5, 5.41) is 9.72. The summed E-state index contributed by atoms with van der Waals surface area (Å²) in [6.45, 7) is 4.58. The number of nitrogens with zero attached hydrogens (tertiary/aromatic N) is 1. The van der Waals surface area contributed by atoms with Crippen LogP contribution in [-0.2, 0) is 4.74 Å². The molecule has 0 spiro atoms. The van der Waals surface area contributed by atoms with Crippen molar-refractivity contribution in [2.75, 3.05) is 6.54 Å². The Balaban J connectivity index is 2.13. The first-order valence-electron chi connectivity index (χ1n) is 5.84. The molecule has 1 heterocycles. The first-order valence-corrected chi connectivity index (χ1v) is 5.84. The van der Waals surface area contributed by atoms with E-state index in [0.717, 1.165) is 0 Å². The molecule has 0 bridgehead atoms. The van der Waals surface area contributed by atoms with Crippen molar-refractivity contribution in [3.05, 3.63) is 29.8 Å². The highest BCUT2D eigenvalue weighted by molar-refractivity contribution is 5.69. The van der Waals surface area contributed by atoms with Gasteiger partial charge >= 0.3 is 6.09 Å². The fourth-order valence-electron chi connectivity index (χ4n) is 2.04. The molecule has 1 amide bonds. The monoisotopic (exact) mass is 235 g/mol. The average Bonchev–Trinajstić information content (AvgIpc) is 2.29. The van der Waals surface area contributed by atoms with Gasteiger partial charge in [0.1, 0.15) is 11.9 Å². The number of rotatable bonds is 2. The number of phenolic OH excluding ortho intramolecular Hbond substituents is 1. The van der Waals surface area contributed by atoms with Gasteiger partial charge in [0.15, 0.2) is 0 Å². The number of aromatic hydroxyl groups is 1. The minimum atomic E-state index is -0.335. The Bertz CT molecular complexity index is 417. The van der Waals surface area contributed by atoms with E-state index < -0.39 is 0 Å². The fourth-order valence-corrected chi connectivity index (χ4v) is 2.04. The molecule has 4 nitrogen and oxygen atoms in total. The van der Waals surface area contributed by atoms with Crippen LogP contribution < -0.4 is 0 Å². The third-order valence-corrected chi connectivity index (χ3v) is 3.02. The standard InChI is InChI=1S/C13H17NO3/c1-9(2)14-8-7-12(17-13(14)16)10-5-3-4-6-11(10)15/h3-6,9,12,15H,7-8H2,1-2H3. The van der Waals surface area contributed by atoms with Crippen LogP contribution in [0.1, 0.15) is 31.9 Å². The van der Waals surface area contributed by atoms with Crippen LogP contribution in [0, 0.1) is 0 Å². The number of cyclic esters (lactones) is 1. The molecule has 2 rings (SSSR count). The van der Waals surface area contributed by atoms with Gasteiger partial charge in [-0.1, -0.05) is 18.2 Å². The summed E-state index contributed by atoms with van der Waals surface area (Å²) in [7, 11) is 0. The first-order chi connectivity index (χ1) is 8.09. The Labute approximate surface area is 101 Å². The number of hydrogen-bond donors (Lipinski definition) is 1. The van der Waals surface area contributed by atoms with E-state index in [2.05, 4.69) is 0 Å². The number of phenols is 1. The van der Waals surface area contributed by atoms with Gasteiger partial charge in [-0.3, -0.25) is 0 Å². The largest absolute Gasteiger partial charge is 0.508 e. The van der Waals surface area contributed by atoms with E-state index in [1.54, 1.807) is 23.1 Å². The molecule has 0 aromatic heterocycles. The number of carbonyl (C=O) groups excluding carboxylic acids is 1.